The number of nitrogens with zero attached hydrogens (tertiary/aromatic N) is 2. The van der Waals surface area contributed by atoms with Crippen molar-refractivity contribution in [2.45, 2.75) is 38.3 Å². The molecule has 5 heteroatoms. The molecule has 1 aliphatic heterocycles. The summed E-state index contributed by atoms with van der Waals surface area (Å²) in [6, 6.07) is 4.31. The maximum absolute atomic E-state index is 8.91. The van der Waals surface area contributed by atoms with Crippen LogP contribution in [0.3, 0.4) is 0 Å². The molecule has 0 aliphatic carbocycles. The van der Waals surface area contributed by atoms with E-state index in [0.29, 0.717) is 16.3 Å². The lowest BCUT2D eigenvalue weighted by atomic mass is 10.1. The van der Waals surface area contributed by atoms with Crippen LogP contribution in [0.5, 0.6) is 0 Å². The standard InChI is InChI=1S/C13H18Cl2N2O/c14-12-7-10(8-13(15)16-12)9-17-5-1-3-11(17)4-2-6-18/h7-8,11,18H,1-6,9H2. The number of hydrogen-bond acceptors (Lipinski definition) is 3. The fourth-order valence-corrected chi connectivity index (χ4v) is 3.10. The molecule has 0 amide bonds. The van der Waals surface area contributed by atoms with Crippen LogP contribution in [0.15, 0.2) is 12.1 Å². The molecule has 0 spiro atoms. The van der Waals surface area contributed by atoms with Gasteiger partial charge in [-0.15, -0.1) is 0 Å². The molecule has 1 N–H and O–H groups in total. The summed E-state index contributed by atoms with van der Waals surface area (Å²) in [5.74, 6) is 0. The van der Waals surface area contributed by atoms with E-state index in [-0.39, 0.29) is 6.61 Å². The van der Waals surface area contributed by atoms with Gasteiger partial charge in [-0.3, -0.25) is 4.90 Å². The molecule has 3 nitrogen and oxygen atoms in total. The van der Waals surface area contributed by atoms with Gasteiger partial charge in [0.2, 0.25) is 0 Å². The highest BCUT2D eigenvalue weighted by molar-refractivity contribution is 6.32. The number of hydrogen-bond donors (Lipinski definition) is 1. The number of aromatic nitrogens is 1. The highest BCUT2D eigenvalue weighted by Gasteiger charge is 2.23. The molecule has 1 aromatic heterocycles. The summed E-state index contributed by atoms with van der Waals surface area (Å²) in [4.78, 5) is 6.40. The third-order valence-electron chi connectivity index (χ3n) is 3.40. The molecule has 1 unspecified atom stereocenters. The van der Waals surface area contributed by atoms with E-state index in [2.05, 4.69) is 9.88 Å². The van der Waals surface area contributed by atoms with Gasteiger partial charge in [0.15, 0.2) is 0 Å². The average Bonchev–Trinajstić information content (AvgIpc) is 2.72. The molecule has 1 atom stereocenters. The van der Waals surface area contributed by atoms with Gasteiger partial charge < -0.3 is 5.11 Å². The minimum atomic E-state index is 0.275. The van der Waals surface area contributed by atoms with Gasteiger partial charge in [0.1, 0.15) is 10.3 Å². The van der Waals surface area contributed by atoms with Crippen LogP contribution in [0.2, 0.25) is 10.3 Å². The number of aliphatic hydroxyl groups is 1. The van der Waals surface area contributed by atoms with Crippen LogP contribution in [0.4, 0.5) is 0 Å². The number of aliphatic hydroxyl groups excluding tert-OH is 1. The third-order valence-corrected chi connectivity index (χ3v) is 3.79. The predicted molar refractivity (Wildman–Crippen MR) is 74.0 cm³/mol. The summed E-state index contributed by atoms with van der Waals surface area (Å²) in [7, 11) is 0. The van der Waals surface area contributed by atoms with Gasteiger partial charge in [-0.25, -0.2) is 4.98 Å². The minimum absolute atomic E-state index is 0.275. The van der Waals surface area contributed by atoms with Crippen LogP contribution in [-0.2, 0) is 6.54 Å². The number of pyridine rings is 1. The summed E-state index contributed by atoms with van der Waals surface area (Å²) >= 11 is 11.8. The Hall–Kier alpha value is -0.350. The zero-order valence-corrected chi connectivity index (χ0v) is 11.8. The smallest absolute Gasteiger partial charge is 0.131 e. The van der Waals surface area contributed by atoms with E-state index in [1.165, 1.54) is 12.8 Å². The summed E-state index contributed by atoms with van der Waals surface area (Å²) in [6.45, 7) is 2.24. The molecule has 1 fully saturated rings. The summed E-state index contributed by atoms with van der Waals surface area (Å²) in [6.07, 6.45) is 4.37. The third kappa shape index (κ3) is 3.82. The Balaban J connectivity index is 1.98. The minimum Gasteiger partial charge on any atom is -0.396 e. The van der Waals surface area contributed by atoms with E-state index >= 15 is 0 Å². The van der Waals surface area contributed by atoms with Crippen molar-refractivity contribution in [3.8, 4) is 0 Å². The highest BCUT2D eigenvalue weighted by atomic mass is 35.5. The molecule has 18 heavy (non-hydrogen) atoms. The zero-order chi connectivity index (χ0) is 13.0. The van der Waals surface area contributed by atoms with Gasteiger partial charge in [-0.05, 0) is 49.9 Å². The Morgan fingerprint density at radius 1 is 1.33 bits per heavy atom. The van der Waals surface area contributed by atoms with Crippen LogP contribution >= 0.6 is 23.2 Å². The second-order valence-corrected chi connectivity index (χ2v) is 5.53. The predicted octanol–water partition coefficient (Wildman–Crippen LogP) is 3.13. The lowest BCUT2D eigenvalue weighted by molar-refractivity contribution is 0.210. The molecular weight excluding hydrogens is 271 g/mol. The van der Waals surface area contributed by atoms with Gasteiger partial charge in [-0.2, -0.15) is 0 Å². The topological polar surface area (TPSA) is 36.4 Å². The quantitative estimate of drug-likeness (QED) is 0.846. The maximum Gasteiger partial charge on any atom is 0.131 e. The first kappa shape index (κ1) is 14.1. The Labute approximate surface area is 118 Å². The van der Waals surface area contributed by atoms with Crippen molar-refractivity contribution in [1.82, 2.24) is 9.88 Å². The van der Waals surface area contributed by atoms with Gasteiger partial charge in [0, 0.05) is 19.2 Å². The van der Waals surface area contributed by atoms with Crippen molar-refractivity contribution < 1.29 is 5.11 Å². The second kappa shape index (κ2) is 6.71. The summed E-state index contributed by atoms with van der Waals surface area (Å²) < 4.78 is 0. The first-order valence-electron chi connectivity index (χ1n) is 6.36. The molecule has 0 saturated carbocycles. The Morgan fingerprint density at radius 2 is 2.06 bits per heavy atom. The van der Waals surface area contributed by atoms with Gasteiger partial charge in [0.25, 0.3) is 0 Å². The normalized spacial score (nSPS) is 20.5. The van der Waals surface area contributed by atoms with Crippen LogP contribution in [0, 0.1) is 0 Å². The number of rotatable bonds is 5. The van der Waals surface area contributed by atoms with E-state index in [4.69, 9.17) is 28.3 Å². The number of halogens is 2. The molecule has 1 aromatic rings. The van der Waals surface area contributed by atoms with Crippen molar-refractivity contribution in [2.75, 3.05) is 13.2 Å². The molecule has 2 rings (SSSR count). The molecule has 1 aliphatic rings. The number of likely N-dealkylation sites (tertiary alicyclic amines) is 1. The molecule has 0 aromatic carbocycles. The molecule has 100 valence electrons. The van der Waals surface area contributed by atoms with Crippen molar-refractivity contribution in [3.63, 3.8) is 0 Å². The SMILES string of the molecule is OCCCC1CCCN1Cc1cc(Cl)nc(Cl)c1. The summed E-state index contributed by atoms with van der Waals surface area (Å²) in [5, 5.41) is 9.81. The van der Waals surface area contributed by atoms with E-state index in [9.17, 15) is 0 Å². The molecule has 0 bridgehead atoms. The zero-order valence-electron chi connectivity index (χ0n) is 10.3. The van der Waals surface area contributed by atoms with E-state index in [0.717, 1.165) is 31.5 Å². The van der Waals surface area contributed by atoms with Crippen molar-refractivity contribution >= 4 is 23.2 Å². The average molecular weight is 289 g/mol. The Kier molecular flexibility index (Phi) is 5.25. The van der Waals surface area contributed by atoms with Crippen molar-refractivity contribution in [3.05, 3.63) is 28.0 Å². The molecule has 0 radical (unpaired) electrons. The molecule has 1 saturated heterocycles. The van der Waals surface area contributed by atoms with Crippen LogP contribution < -0.4 is 0 Å². The van der Waals surface area contributed by atoms with Gasteiger partial charge >= 0.3 is 0 Å². The fraction of sp³-hybridized carbons (Fsp3) is 0.615. The van der Waals surface area contributed by atoms with Crippen molar-refractivity contribution in [2.24, 2.45) is 0 Å². The van der Waals surface area contributed by atoms with Gasteiger partial charge in [0.05, 0.1) is 0 Å². The Morgan fingerprint density at radius 3 is 2.72 bits per heavy atom. The monoisotopic (exact) mass is 288 g/mol. The van der Waals surface area contributed by atoms with Crippen LogP contribution in [0.1, 0.15) is 31.2 Å². The second-order valence-electron chi connectivity index (χ2n) is 4.75. The first-order valence-corrected chi connectivity index (χ1v) is 7.11. The van der Waals surface area contributed by atoms with Crippen LogP contribution in [-0.4, -0.2) is 34.2 Å². The van der Waals surface area contributed by atoms with Gasteiger partial charge in [-0.1, -0.05) is 23.2 Å². The van der Waals surface area contributed by atoms with E-state index < -0.39 is 0 Å². The molecule has 2 heterocycles. The van der Waals surface area contributed by atoms with Crippen molar-refractivity contribution in [1.29, 1.82) is 0 Å². The lowest BCUT2D eigenvalue weighted by Gasteiger charge is -2.24. The van der Waals surface area contributed by atoms with E-state index in [1.807, 2.05) is 12.1 Å². The lowest BCUT2D eigenvalue weighted by Crippen LogP contribution is -2.29. The maximum atomic E-state index is 8.91. The summed E-state index contributed by atoms with van der Waals surface area (Å²) in [5.41, 5.74) is 1.11. The molecular formula is C13H18Cl2N2O. The van der Waals surface area contributed by atoms with E-state index in [1.54, 1.807) is 0 Å². The largest absolute Gasteiger partial charge is 0.396 e. The highest BCUT2D eigenvalue weighted by Crippen LogP contribution is 2.25. The Bertz CT molecular complexity index is 380. The van der Waals surface area contributed by atoms with Crippen LogP contribution in [0.25, 0.3) is 0 Å². The first-order chi connectivity index (χ1) is 8.69. The fourth-order valence-electron chi connectivity index (χ4n) is 2.60.